The van der Waals surface area contributed by atoms with Crippen LogP contribution in [-0.2, 0) is 75.3 Å². The van der Waals surface area contributed by atoms with Crippen molar-refractivity contribution in [3.8, 4) is 11.5 Å². The molecule has 3 unspecified atom stereocenters. The normalized spacial score (nSPS) is 29.0. The number of imide groups is 2. The topological polar surface area (TPSA) is 386 Å². The number of benzene rings is 2. The number of para-hydroxylation sites is 2. The first-order chi connectivity index (χ1) is 40.4. The molecule has 2 aromatic carbocycles. The second-order valence-corrected chi connectivity index (χ2v) is 24.9. The van der Waals surface area contributed by atoms with E-state index in [9.17, 15) is 62.4 Å². The summed E-state index contributed by atoms with van der Waals surface area (Å²) >= 11 is 5.76. The first kappa shape index (κ1) is 59.8. The van der Waals surface area contributed by atoms with Gasteiger partial charge in [0.25, 0.3) is 11.8 Å². The van der Waals surface area contributed by atoms with Gasteiger partial charge >= 0.3 is 40.3 Å². The van der Waals surface area contributed by atoms with Gasteiger partial charge in [0, 0.05) is 31.6 Å². The zero-order valence-corrected chi connectivity index (χ0v) is 48.2. The highest BCUT2D eigenvalue weighted by Gasteiger charge is 2.57. The minimum absolute atomic E-state index is 0.0720. The van der Waals surface area contributed by atoms with Crippen LogP contribution in [0.15, 0.2) is 84.0 Å². The van der Waals surface area contributed by atoms with Crippen molar-refractivity contribution in [1.29, 1.82) is 0 Å². The van der Waals surface area contributed by atoms with Crippen LogP contribution in [0, 0.1) is 0 Å². The zero-order chi connectivity index (χ0) is 66.7. The molecule has 456 valence electrons. The van der Waals surface area contributed by atoms with Gasteiger partial charge in [-0.3, -0.25) is 53.2 Å². The van der Waals surface area contributed by atoms with Crippen LogP contribution in [0.5, 0.6) is 11.5 Å². The quantitative estimate of drug-likeness (QED) is 0.0324. The lowest BCUT2D eigenvalue weighted by molar-refractivity contribution is -0.149. The number of carboxylic acids is 1. The predicted octanol–water partition coefficient (Wildman–Crippen LogP) is 4.29. The smallest absolute Gasteiger partial charge is 0.459 e. The van der Waals surface area contributed by atoms with Gasteiger partial charge in [0.1, 0.15) is 66.2 Å². The summed E-state index contributed by atoms with van der Waals surface area (Å²) in [6, 6.07) is 12.7. The number of aliphatic hydroxyl groups excluding tert-OH is 2. The molecule has 4 aliphatic rings. The van der Waals surface area contributed by atoms with Crippen molar-refractivity contribution >= 4 is 75.1 Å². The monoisotopic (exact) mass is 1250 g/mol. The summed E-state index contributed by atoms with van der Waals surface area (Å²) in [6.45, 7) is -1.86. The molecule has 2 saturated heterocycles. The molecule has 0 spiro atoms. The molecule has 0 aromatic heterocycles. The highest BCUT2D eigenvalue weighted by atomic mass is 35.7. The van der Waals surface area contributed by atoms with Crippen LogP contribution in [0.25, 0.3) is 0 Å². The molecule has 0 saturated carbocycles. The van der Waals surface area contributed by atoms with Crippen molar-refractivity contribution < 1.29 is 122 Å². The first-order valence-corrected chi connectivity index (χ1v) is 30.2. The molecule has 33 heteroatoms. The number of halogens is 3. The van der Waals surface area contributed by atoms with Gasteiger partial charge in [-0.15, -0.1) is 0 Å². The number of ether oxygens (including phenoxy) is 4. The lowest BCUT2D eigenvalue weighted by Gasteiger charge is -2.27. The molecule has 82 heavy (non-hydrogen) atoms. The Kier molecular flexibility index (Phi) is 21.5. The Morgan fingerprint density at radius 1 is 0.683 bits per heavy atom. The molecule has 2 aromatic rings. The fourth-order valence-electron chi connectivity index (χ4n) is 7.38. The van der Waals surface area contributed by atoms with E-state index in [4.69, 9.17) is 57.1 Å². The van der Waals surface area contributed by atoms with Crippen molar-refractivity contribution in [3.05, 3.63) is 84.0 Å². The molecule has 27 nitrogen and oxygen atoms in total. The summed E-state index contributed by atoms with van der Waals surface area (Å²) in [5, 5.41) is 40.3. The Balaban J connectivity index is 0.000000300. The minimum atomic E-state index is -4.75. The van der Waals surface area contributed by atoms with E-state index in [1.54, 1.807) is 81.3 Å². The van der Waals surface area contributed by atoms with Crippen molar-refractivity contribution in [2.45, 2.75) is 153 Å². The van der Waals surface area contributed by atoms with Crippen LogP contribution in [0.3, 0.4) is 0 Å². The number of alkyl halides is 2. The van der Waals surface area contributed by atoms with Crippen molar-refractivity contribution in [2.75, 3.05) is 13.2 Å². The second-order valence-electron chi connectivity index (χ2n) is 18.9. The lowest BCUT2D eigenvalue weighted by Crippen LogP contribution is -2.45. The molecule has 0 aliphatic carbocycles. The van der Waals surface area contributed by atoms with Crippen LogP contribution in [0.2, 0.25) is 0 Å². The summed E-state index contributed by atoms with van der Waals surface area (Å²) < 4.78 is 156. The van der Waals surface area contributed by atoms with Crippen molar-refractivity contribution in [1.82, 2.24) is 25.9 Å². The fraction of sp³-hybridized carbons (Fsp3) is 0.531. The maximum atomic E-state index is 16.1. The molecule has 6 rings (SSSR count). The van der Waals surface area contributed by atoms with Crippen LogP contribution < -0.4 is 34.9 Å². The third-order valence-electron chi connectivity index (χ3n) is 11.1. The highest BCUT2D eigenvalue weighted by molar-refractivity contribution is 7.84. The van der Waals surface area contributed by atoms with Gasteiger partial charge in [0.05, 0.1) is 38.3 Å². The van der Waals surface area contributed by atoms with Crippen LogP contribution >= 0.6 is 33.6 Å². The van der Waals surface area contributed by atoms with E-state index in [-0.39, 0.29) is 23.0 Å². The Morgan fingerprint density at radius 2 is 1.09 bits per heavy atom. The van der Waals surface area contributed by atoms with E-state index in [0.717, 1.165) is 19.1 Å². The number of amides is 4. The first-order valence-electron chi connectivity index (χ1n) is 27.6. The minimum Gasteiger partial charge on any atom is -0.480 e. The number of carbonyl (C=O) groups is 7. The molecule has 0 bridgehead atoms. The molecule has 14 atom stereocenters. The third-order valence-corrected chi connectivity index (χ3v) is 15.6. The van der Waals surface area contributed by atoms with Gasteiger partial charge in [-0.1, -0.05) is 36.4 Å². The Labute approximate surface area is 483 Å². The molecular formula is C49H67ClF2N5O22P3. The summed E-state index contributed by atoms with van der Waals surface area (Å²) in [7, 11) is -9.22. The predicted molar refractivity (Wildman–Crippen MR) is 285 cm³/mol. The number of carboxylic acid groups (broad SMARTS) is 1. The third kappa shape index (κ3) is 20.8. The summed E-state index contributed by atoms with van der Waals surface area (Å²) in [5.74, 6) is -5.83. The second kappa shape index (κ2) is 29.4. The van der Waals surface area contributed by atoms with Crippen LogP contribution in [-0.4, -0.2) is 153 Å². The summed E-state index contributed by atoms with van der Waals surface area (Å²) in [6.07, 6.45) is -12.6. The summed E-state index contributed by atoms with van der Waals surface area (Å²) in [4.78, 5) is 91.1. The number of hydrogen-bond donors (Lipinski definition) is 9. The average Bonchev–Trinajstić information content (AvgIpc) is 1.62. The number of nitrogens with one attached hydrogen (secondary N) is 5. The van der Waals surface area contributed by atoms with E-state index in [0.29, 0.717) is 5.75 Å². The van der Waals surface area contributed by atoms with Crippen LogP contribution in [0.1, 0.15) is 83.2 Å². The largest absolute Gasteiger partial charge is 0.480 e. The van der Waals surface area contributed by atoms with E-state index in [1.165, 1.54) is 26.0 Å². The van der Waals surface area contributed by atoms with Gasteiger partial charge in [0.15, 0.2) is 11.3 Å². The number of aliphatic hydroxyl groups is 2. The van der Waals surface area contributed by atoms with E-state index < -0.39 is 176 Å². The number of carbonyl (C=O) groups excluding carboxylic acids is 6. The molecule has 4 heterocycles. The maximum absolute atomic E-state index is 16.1. The zero-order valence-electron chi connectivity index (χ0n) is 50.7. The molecule has 9 N–H and O–H groups in total. The Morgan fingerprint density at radius 3 is 1.48 bits per heavy atom. The molecule has 4 amide bonds. The van der Waals surface area contributed by atoms with E-state index >= 15 is 8.78 Å². The SMILES string of the molecule is CC(C)OC(=O)[C@H](C)NP(=O)(Cl)Oc1ccccc1.[2H][13C]([2H])([2H])[C@@]1(F)[C@H](O)[C@@H](COP(=O)(N[C@@H](C)C(=O)OC(C)C)Oc2ccccc2)O[C@H]1C1=CC(=O)NC(=O)C1.[2H][13C]([2H])([2H])[C@@]1(F)[C@H](O)[C@@H](COP(=O)(O)N[C@@H](C)C(=O)O)O[C@H]1C1=CC(=O)NC(=O)C1. The number of hydrogen-bond acceptors (Lipinski definition) is 20. The number of aliphatic carboxylic acids is 1. The molecular weight excluding hydrogens is 1180 g/mol. The fourth-order valence-corrected chi connectivity index (χ4v) is 11.6. The van der Waals surface area contributed by atoms with Gasteiger partial charge in [0.2, 0.25) is 11.8 Å². The summed E-state index contributed by atoms with van der Waals surface area (Å²) in [5.41, 5.74) is -7.55. The molecule has 4 aliphatic heterocycles. The van der Waals surface area contributed by atoms with E-state index in [2.05, 4.69) is 14.7 Å². The molecule has 0 radical (unpaired) electrons. The Bertz CT molecular complexity index is 3070. The number of rotatable bonds is 23. The maximum Gasteiger partial charge on any atom is 0.459 e. The van der Waals surface area contributed by atoms with Gasteiger partial charge in [-0.25, -0.2) is 32.7 Å². The van der Waals surface area contributed by atoms with Gasteiger partial charge in [-0.2, -0.15) is 5.09 Å². The number of esters is 2. The Hall–Kier alpha value is -5.35. The van der Waals surface area contributed by atoms with Crippen molar-refractivity contribution in [2.24, 2.45) is 0 Å². The average molecular weight is 1250 g/mol. The standard InChI is InChI=1S/C23H30FN2O9P.C14H20FN2O9P.C12H17ClNO4P/c1-13(2)33-22(30)14(3)26-36(31,35-16-8-6-5-7-9-16)32-12-17-20(29)23(4,24)21(34-17)15-10-18(27)25-19(28)11-15;1-6(13(21)22)17-27(23,24)25-5-8-11(20)14(2,15)12(26-8)7-3-9(18)16-10(19)4-7;1-9(2)17-12(15)10(3)14-19(13,16)18-11-7-5-4-6-8-11/h5-10,13-14,17,20-21,29H,11-12H2,1-4H3,(H,26,31)(H,25,27,28);3,6,8,11-12,20H,4-5H2,1-2H3,(H,21,22)(H,16,18,19)(H2,17,23,24);4-10H,1-3H3,(H,14,16)/t14-,17+,20+,21-,23+,36?;6-,8+,11+,12-,14+;10-,19?/m000/s1/i4+1D3;2+1D3;. The van der Waals surface area contributed by atoms with Gasteiger partial charge in [-0.05, 0) is 97.6 Å². The van der Waals surface area contributed by atoms with Gasteiger partial charge < -0.3 is 48.2 Å². The van der Waals surface area contributed by atoms with Crippen LogP contribution in [0.4, 0.5) is 8.78 Å². The lowest BCUT2D eigenvalue weighted by atomic mass is 9.91. The van der Waals surface area contributed by atoms with E-state index in [1.807, 2.05) is 10.6 Å². The molecule has 2 fully saturated rings. The van der Waals surface area contributed by atoms with Crippen molar-refractivity contribution in [3.63, 3.8) is 0 Å². The highest BCUT2D eigenvalue weighted by Crippen LogP contribution is 2.50.